The Morgan fingerprint density at radius 3 is 2.12 bits per heavy atom. The Balaban J connectivity index is 2.75. The van der Waals surface area contributed by atoms with Crippen LogP contribution in [0.25, 0.3) is 0 Å². The molecule has 1 aromatic rings. The van der Waals surface area contributed by atoms with Gasteiger partial charge in [-0.1, -0.05) is 39.8 Å². The van der Waals surface area contributed by atoms with E-state index in [2.05, 4.69) is 64.2 Å². The highest BCUT2D eigenvalue weighted by Gasteiger charge is 2.17. The molecule has 16 heavy (non-hydrogen) atoms. The SMILES string of the molecule is CCC(C)Nc1ccc(C(C)(C)CC)cc1. The van der Waals surface area contributed by atoms with Crippen molar-refractivity contribution in [1.82, 2.24) is 0 Å². The van der Waals surface area contributed by atoms with Crippen LogP contribution in [0.2, 0.25) is 0 Å². The molecule has 0 amide bonds. The third-order valence-corrected chi connectivity index (χ3v) is 3.58. The van der Waals surface area contributed by atoms with E-state index >= 15 is 0 Å². The second kappa shape index (κ2) is 5.38. The molecular weight excluding hydrogens is 194 g/mol. The fraction of sp³-hybridized carbons (Fsp3) is 0.600. The number of anilines is 1. The molecule has 1 atom stereocenters. The Kier molecular flexibility index (Phi) is 4.40. The number of rotatable bonds is 5. The van der Waals surface area contributed by atoms with Gasteiger partial charge in [0.1, 0.15) is 0 Å². The smallest absolute Gasteiger partial charge is 0.0342 e. The average Bonchev–Trinajstić information content (AvgIpc) is 2.29. The second-order valence-corrected chi connectivity index (χ2v) is 5.27. The van der Waals surface area contributed by atoms with Crippen molar-refractivity contribution in [2.75, 3.05) is 5.32 Å². The molecule has 1 nitrogen and oxygen atoms in total. The molecule has 0 bridgehead atoms. The maximum Gasteiger partial charge on any atom is 0.0342 e. The molecule has 0 saturated carbocycles. The van der Waals surface area contributed by atoms with Crippen LogP contribution in [0.15, 0.2) is 24.3 Å². The highest BCUT2D eigenvalue weighted by atomic mass is 14.9. The van der Waals surface area contributed by atoms with Gasteiger partial charge in [-0.05, 0) is 42.9 Å². The third-order valence-electron chi connectivity index (χ3n) is 3.58. The van der Waals surface area contributed by atoms with Crippen molar-refractivity contribution in [1.29, 1.82) is 0 Å². The molecule has 0 aromatic heterocycles. The van der Waals surface area contributed by atoms with Crippen molar-refractivity contribution >= 4 is 5.69 Å². The molecule has 1 aromatic carbocycles. The van der Waals surface area contributed by atoms with Gasteiger partial charge in [0.2, 0.25) is 0 Å². The van der Waals surface area contributed by atoms with Gasteiger partial charge in [-0.15, -0.1) is 0 Å². The topological polar surface area (TPSA) is 12.0 Å². The van der Waals surface area contributed by atoms with E-state index in [-0.39, 0.29) is 5.41 Å². The summed E-state index contributed by atoms with van der Waals surface area (Å²) in [5.74, 6) is 0. The summed E-state index contributed by atoms with van der Waals surface area (Å²) < 4.78 is 0. The van der Waals surface area contributed by atoms with E-state index in [0.29, 0.717) is 6.04 Å². The van der Waals surface area contributed by atoms with Gasteiger partial charge in [0, 0.05) is 11.7 Å². The Bertz CT molecular complexity index is 311. The van der Waals surface area contributed by atoms with Gasteiger partial charge >= 0.3 is 0 Å². The lowest BCUT2D eigenvalue weighted by atomic mass is 9.82. The molecule has 0 spiro atoms. The minimum atomic E-state index is 0.287. The van der Waals surface area contributed by atoms with Gasteiger partial charge in [-0.2, -0.15) is 0 Å². The third kappa shape index (κ3) is 3.26. The number of nitrogens with one attached hydrogen (secondary N) is 1. The van der Waals surface area contributed by atoms with Gasteiger partial charge in [0.25, 0.3) is 0 Å². The highest BCUT2D eigenvalue weighted by Crippen LogP contribution is 2.27. The van der Waals surface area contributed by atoms with Crippen molar-refractivity contribution in [2.24, 2.45) is 0 Å². The molecule has 1 unspecified atom stereocenters. The molecule has 0 heterocycles. The zero-order valence-electron chi connectivity index (χ0n) is 11.3. The van der Waals surface area contributed by atoms with Gasteiger partial charge in [0.05, 0.1) is 0 Å². The van der Waals surface area contributed by atoms with Crippen molar-refractivity contribution in [3.05, 3.63) is 29.8 Å². The Labute approximate surface area is 100 Å². The largest absolute Gasteiger partial charge is 0.383 e. The molecule has 0 fully saturated rings. The number of hydrogen-bond donors (Lipinski definition) is 1. The summed E-state index contributed by atoms with van der Waals surface area (Å²) >= 11 is 0. The van der Waals surface area contributed by atoms with Gasteiger partial charge in [0.15, 0.2) is 0 Å². The van der Waals surface area contributed by atoms with E-state index in [1.165, 1.54) is 17.7 Å². The van der Waals surface area contributed by atoms with Crippen LogP contribution in [-0.2, 0) is 5.41 Å². The van der Waals surface area contributed by atoms with Crippen LogP contribution < -0.4 is 5.32 Å². The molecule has 0 radical (unpaired) electrons. The standard InChI is InChI=1S/C15H25N/c1-6-12(3)16-14-10-8-13(9-11-14)15(4,5)7-2/h8-12,16H,6-7H2,1-5H3. The van der Waals surface area contributed by atoms with E-state index in [4.69, 9.17) is 0 Å². The lowest BCUT2D eigenvalue weighted by Gasteiger charge is -2.24. The van der Waals surface area contributed by atoms with E-state index in [1.807, 2.05) is 0 Å². The summed E-state index contributed by atoms with van der Waals surface area (Å²) in [6.45, 7) is 11.2. The molecule has 1 rings (SSSR count). The number of hydrogen-bond acceptors (Lipinski definition) is 1. The summed E-state index contributed by atoms with van der Waals surface area (Å²) in [5.41, 5.74) is 2.93. The minimum absolute atomic E-state index is 0.287. The van der Waals surface area contributed by atoms with E-state index in [1.54, 1.807) is 0 Å². The first kappa shape index (κ1) is 13.1. The fourth-order valence-corrected chi connectivity index (χ4v) is 1.61. The molecule has 1 heteroatoms. The van der Waals surface area contributed by atoms with E-state index < -0.39 is 0 Å². The first-order valence-electron chi connectivity index (χ1n) is 6.36. The quantitative estimate of drug-likeness (QED) is 0.764. The first-order chi connectivity index (χ1) is 7.49. The summed E-state index contributed by atoms with van der Waals surface area (Å²) in [7, 11) is 0. The molecule has 0 aliphatic heterocycles. The highest BCUT2D eigenvalue weighted by molar-refractivity contribution is 5.46. The lowest BCUT2D eigenvalue weighted by Crippen LogP contribution is -2.16. The van der Waals surface area contributed by atoms with Crippen LogP contribution in [0.4, 0.5) is 5.69 Å². The van der Waals surface area contributed by atoms with Crippen molar-refractivity contribution in [2.45, 2.75) is 58.9 Å². The summed E-state index contributed by atoms with van der Waals surface area (Å²) in [5, 5.41) is 3.49. The number of benzene rings is 1. The molecule has 90 valence electrons. The summed E-state index contributed by atoms with van der Waals surface area (Å²) in [4.78, 5) is 0. The van der Waals surface area contributed by atoms with Crippen LogP contribution in [0.5, 0.6) is 0 Å². The Hall–Kier alpha value is -0.980. The first-order valence-corrected chi connectivity index (χ1v) is 6.36. The van der Waals surface area contributed by atoms with E-state index in [9.17, 15) is 0 Å². The predicted molar refractivity (Wildman–Crippen MR) is 73.1 cm³/mol. The van der Waals surface area contributed by atoms with Crippen LogP contribution in [0, 0.1) is 0 Å². The van der Waals surface area contributed by atoms with Crippen LogP contribution in [-0.4, -0.2) is 6.04 Å². The van der Waals surface area contributed by atoms with Crippen LogP contribution >= 0.6 is 0 Å². The molecule has 0 aliphatic carbocycles. The van der Waals surface area contributed by atoms with Crippen LogP contribution in [0.3, 0.4) is 0 Å². The minimum Gasteiger partial charge on any atom is -0.383 e. The van der Waals surface area contributed by atoms with Crippen LogP contribution in [0.1, 0.15) is 53.0 Å². The Morgan fingerprint density at radius 1 is 1.12 bits per heavy atom. The maximum absolute atomic E-state index is 3.49. The monoisotopic (exact) mass is 219 g/mol. The van der Waals surface area contributed by atoms with Gasteiger partial charge in [-0.25, -0.2) is 0 Å². The zero-order valence-corrected chi connectivity index (χ0v) is 11.3. The van der Waals surface area contributed by atoms with Gasteiger partial charge < -0.3 is 5.32 Å². The van der Waals surface area contributed by atoms with Crippen molar-refractivity contribution in [3.8, 4) is 0 Å². The lowest BCUT2D eigenvalue weighted by molar-refractivity contribution is 0.506. The molecule has 0 saturated heterocycles. The molecular formula is C15H25N. The summed E-state index contributed by atoms with van der Waals surface area (Å²) in [6.07, 6.45) is 2.33. The predicted octanol–water partition coefficient (Wildman–Crippen LogP) is 4.58. The Morgan fingerprint density at radius 2 is 1.69 bits per heavy atom. The zero-order chi connectivity index (χ0) is 12.2. The van der Waals surface area contributed by atoms with Gasteiger partial charge in [-0.3, -0.25) is 0 Å². The van der Waals surface area contributed by atoms with Crippen molar-refractivity contribution < 1.29 is 0 Å². The second-order valence-electron chi connectivity index (χ2n) is 5.27. The molecule has 1 N–H and O–H groups in total. The van der Waals surface area contributed by atoms with Crippen molar-refractivity contribution in [3.63, 3.8) is 0 Å². The fourth-order valence-electron chi connectivity index (χ4n) is 1.61. The maximum atomic E-state index is 3.49. The summed E-state index contributed by atoms with van der Waals surface area (Å²) in [6, 6.07) is 9.42. The normalized spacial score (nSPS) is 13.6. The molecule has 0 aliphatic rings. The average molecular weight is 219 g/mol. The van der Waals surface area contributed by atoms with E-state index in [0.717, 1.165) is 6.42 Å².